The lowest BCUT2D eigenvalue weighted by molar-refractivity contribution is -0.134. The highest BCUT2D eigenvalue weighted by molar-refractivity contribution is 7.90. The zero-order valence-corrected chi connectivity index (χ0v) is 13.7. The summed E-state index contributed by atoms with van der Waals surface area (Å²) in [5, 5.41) is 0. The molecule has 118 valence electrons. The molecule has 0 saturated heterocycles. The Hall–Kier alpha value is -1.81. The van der Waals surface area contributed by atoms with Gasteiger partial charge in [0.15, 0.2) is 11.6 Å². The number of fused-ring (bicyclic) bond motifs is 1. The minimum atomic E-state index is -1.58. The van der Waals surface area contributed by atoms with Crippen LogP contribution in [0.4, 0.5) is 0 Å². The summed E-state index contributed by atoms with van der Waals surface area (Å²) in [4.78, 5) is 26.3. The molecular formula is C19H18O3S. The molecule has 1 fully saturated rings. The van der Waals surface area contributed by atoms with Gasteiger partial charge in [-0.3, -0.25) is 9.59 Å². The van der Waals surface area contributed by atoms with Crippen LogP contribution in [0.25, 0.3) is 0 Å². The summed E-state index contributed by atoms with van der Waals surface area (Å²) < 4.78 is 12.8. The van der Waals surface area contributed by atoms with Crippen LogP contribution in [0.3, 0.4) is 0 Å². The summed E-state index contributed by atoms with van der Waals surface area (Å²) in [5.74, 6) is -0.352. The first kappa shape index (κ1) is 14.8. The van der Waals surface area contributed by atoms with Crippen molar-refractivity contribution in [3.05, 3.63) is 53.0 Å². The van der Waals surface area contributed by atoms with E-state index in [1.807, 2.05) is 19.1 Å². The van der Waals surface area contributed by atoms with E-state index in [4.69, 9.17) is 0 Å². The van der Waals surface area contributed by atoms with Crippen LogP contribution in [0.2, 0.25) is 0 Å². The molecule has 0 N–H and O–H groups in total. The third-order valence-electron chi connectivity index (χ3n) is 5.33. The number of Topliss-reactive ketones (excluding diaryl/α,β-unsaturated/α-hetero) is 1. The van der Waals surface area contributed by atoms with E-state index >= 15 is 0 Å². The van der Waals surface area contributed by atoms with E-state index in [9.17, 15) is 13.8 Å². The Balaban J connectivity index is 1.72. The van der Waals surface area contributed by atoms with E-state index in [1.165, 1.54) is 6.08 Å². The molecule has 4 heteroatoms. The van der Waals surface area contributed by atoms with Gasteiger partial charge < -0.3 is 0 Å². The van der Waals surface area contributed by atoms with Gasteiger partial charge in [-0.25, -0.2) is 4.21 Å². The van der Waals surface area contributed by atoms with Crippen molar-refractivity contribution in [3.8, 4) is 0 Å². The fourth-order valence-corrected chi connectivity index (χ4v) is 5.31. The molecule has 0 heterocycles. The largest absolute Gasteiger partial charge is 0.294 e. The van der Waals surface area contributed by atoms with Gasteiger partial charge >= 0.3 is 0 Å². The molecule has 0 unspecified atom stereocenters. The number of carbonyl (C=O) groups is 2. The normalized spacial score (nSPS) is 33.3. The average Bonchev–Trinajstić information content (AvgIpc) is 2.58. The third kappa shape index (κ3) is 2.27. The predicted molar refractivity (Wildman–Crippen MR) is 88.0 cm³/mol. The van der Waals surface area contributed by atoms with Crippen LogP contribution in [0.1, 0.15) is 18.4 Å². The molecule has 2 bridgehead atoms. The number of hydrogen-bond donors (Lipinski definition) is 0. The van der Waals surface area contributed by atoms with Gasteiger partial charge in [-0.2, -0.15) is 0 Å². The van der Waals surface area contributed by atoms with Crippen molar-refractivity contribution in [3.63, 3.8) is 0 Å². The van der Waals surface area contributed by atoms with E-state index in [-0.39, 0.29) is 40.1 Å². The fourth-order valence-electron chi connectivity index (χ4n) is 4.13. The standard InChI is InChI=1S/C19H18O3S/c1-11-2-8-14(9-3-11)23(22)16-10-15(20)17-12-4-6-13(7-5-12)18(17)19(16)21/h2-4,6,8-10,12-13,17-18H,5,7H2,1H3/t12-,13+,17+,18+,23-/m0/s1. The van der Waals surface area contributed by atoms with Gasteiger partial charge in [0.25, 0.3) is 0 Å². The molecule has 1 aromatic carbocycles. The molecule has 23 heavy (non-hydrogen) atoms. The van der Waals surface area contributed by atoms with E-state index in [2.05, 4.69) is 12.2 Å². The first-order chi connectivity index (χ1) is 11.1. The Labute approximate surface area is 137 Å². The summed E-state index contributed by atoms with van der Waals surface area (Å²) in [6, 6.07) is 7.28. The average molecular weight is 326 g/mol. The minimum absolute atomic E-state index is 0.0240. The minimum Gasteiger partial charge on any atom is -0.294 e. The van der Waals surface area contributed by atoms with Crippen LogP contribution in [-0.4, -0.2) is 15.8 Å². The lowest BCUT2D eigenvalue weighted by Crippen LogP contribution is -2.48. The Morgan fingerprint density at radius 2 is 1.57 bits per heavy atom. The summed E-state index contributed by atoms with van der Waals surface area (Å²) in [5.41, 5.74) is 1.07. The van der Waals surface area contributed by atoms with Gasteiger partial charge in [-0.1, -0.05) is 29.8 Å². The van der Waals surface area contributed by atoms with Crippen molar-refractivity contribution in [2.75, 3.05) is 0 Å². The van der Waals surface area contributed by atoms with Crippen LogP contribution in [0.5, 0.6) is 0 Å². The van der Waals surface area contributed by atoms with E-state index in [0.717, 1.165) is 18.4 Å². The third-order valence-corrected chi connectivity index (χ3v) is 6.75. The lowest BCUT2D eigenvalue weighted by Gasteiger charge is -2.44. The number of hydrogen-bond acceptors (Lipinski definition) is 3. The molecule has 4 aliphatic carbocycles. The number of allylic oxidation sites excluding steroid dienone is 4. The highest BCUT2D eigenvalue weighted by Crippen LogP contribution is 2.48. The smallest absolute Gasteiger partial charge is 0.176 e. The van der Waals surface area contributed by atoms with Crippen LogP contribution < -0.4 is 0 Å². The first-order valence-corrected chi connectivity index (χ1v) is 9.18. The van der Waals surface area contributed by atoms with Gasteiger partial charge in [0.1, 0.15) is 0 Å². The second kappa shape index (κ2) is 5.38. The van der Waals surface area contributed by atoms with E-state index < -0.39 is 10.8 Å². The quantitative estimate of drug-likeness (QED) is 0.785. The number of carbonyl (C=O) groups excluding carboxylic acids is 2. The molecule has 1 saturated carbocycles. The molecule has 0 aliphatic heterocycles. The van der Waals surface area contributed by atoms with Crippen LogP contribution in [-0.2, 0) is 20.4 Å². The van der Waals surface area contributed by atoms with Gasteiger partial charge in [0.2, 0.25) is 0 Å². The molecule has 4 aliphatic rings. The maximum atomic E-state index is 12.9. The topological polar surface area (TPSA) is 51.2 Å². The van der Waals surface area contributed by atoms with Crippen molar-refractivity contribution in [1.82, 2.24) is 0 Å². The van der Waals surface area contributed by atoms with Gasteiger partial charge in [0, 0.05) is 22.8 Å². The maximum Gasteiger partial charge on any atom is 0.176 e. The number of aryl methyl sites for hydroxylation is 1. The molecule has 0 aromatic heterocycles. The molecule has 5 atom stereocenters. The van der Waals surface area contributed by atoms with Crippen molar-refractivity contribution in [1.29, 1.82) is 0 Å². The molecule has 0 amide bonds. The fraction of sp³-hybridized carbons (Fsp3) is 0.368. The lowest BCUT2D eigenvalue weighted by atomic mass is 9.58. The monoisotopic (exact) mass is 326 g/mol. The molecule has 0 radical (unpaired) electrons. The van der Waals surface area contributed by atoms with Crippen molar-refractivity contribution < 1.29 is 13.8 Å². The van der Waals surface area contributed by atoms with Crippen LogP contribution in [0, 0.1) is 30.6 Å². The summed E-state index contributed by atoms with van der Waals surface area (Å²) in [6.07, 6.45) is 7.46. The van der Waals surface area contributed by atoms with Gasteiger partial charge in [-0.05, 0) is 43.7 Å². The second-order valence-electron chi connectivity index (χ2n) is 6.70. The Morgan fingerprint density at radius 3 is 2.17 bits per heavy atom. The van der Waals surface area contributed by atoms with Crippen LogP contribution >= 0.6 is 0 Å². The predicted octanol–water partition coefficient (Wildman–Crippen LogP) is 2.97. The number of benzene rings is 1. The molecule has 5 rings (SSSR count). The summed E-state index contributed by atoms with van der Waals surface area (Å²) >= 11 is 0. The molecule has 0 spiro atoms. The summed E-state index contributed by atoms with van der Waals surface area (Å²) in [6.45, 7) is 1.96. The van der Waals surface area contributed by atoms with Crippen molar-refractivity contribution >= 4 is 22.4 Å². The van der Waals surface area contributed by atoms with E-state index in [1.54, 1.807) is 12.1 Å². The zero-order chi connectivity index (χ0) is 16.1. The Morgan fingerprint density at radius 1 is 0.957 bits per heavy atom. The Kier molecular flexibility index (Phi) is 3.45. The van der Waals surface area contributed by atoms with E-state index in [0.29, 0.717) is 4.90 Å². The molecular weight excluding hydrogens is 308 g/mol. The molecule has 1 aromatic rings. The summed E-state index contributed by atoms with van der Waals surface area (Å²) in [7, 11) is -1.58. The SMILES string of the molecule is Cc1ccc([S@](=O)C2=CC(=O)[C@@H]3[C@H](C2=O)[C@@H]2C=C[C@H]3CC2)cc1. The van der Waals surface area contributed by atoms with Gasteiger partial charge in [0.05, 0.1) is 15.7 Å². The number of ketones is 2. The van der Waals surface area contributed by atoms with Crippen LogP contribution in [0.15, 0.2) is 52.3 Å². The molecule has 3 nitrogen and oxygen atoms in total. The first-order valence-electron chi connectivity index (χ1n) is 8.03. The maximum absolute atomic E-state index is 12.9. The van der Waals surface area contributed by atoms with Crippen molar-refractivity contribution in [2.24, 2.45) is 23.7 Å². The highest BCUT2D eigenvalue weighted by Gasteiger charge is 2.51. The second-order valence-corrected chi connectivity index (χ2v) is 8.15. The highest BCUT2D eigenvalue weighted by atomic mass is 32.2. The number of rotatable bonds is 2. The van der Waals surface area contributed by atoms with Gasteiger partial charge in [-0.15, -0.1) is 0 Å². The Bertz CT molecular complexity index is 772. The van der Waals surface area contributed by atoms with Crippen molar-refractivity contribution in [2.45, 2.75) is 24.7 Å². The zero-order valence-electron chi connectivity index (χ0n) is 12.9.